The molecular weight excluding hydrogens is 302 g/mol. The van der Waals surface area contributed by atoms with E-state index in [1.807, 2.05) is 55.1 Å². The number of allylic oxidation sites excluding steroid dienone is 1. The number of ether oxygens (including phenoxy) is 2. The van der Waals surface area contributed by atoms with Gasteiger partial charge in [-0.25, -0.2) is 0 Å². The van der Waals surface area contributed by atoms with Crippen molar-refractivity contribution in [2.75, 3.05) is 7.11 Å². The first-order valence-electron chi connectivity index (χ1n) is 7.75. The van der Waals surface area contributed by atoms with E-state index >= 15 is 0 Å². The second-order valence-electron chi connectivity index (χ2n) is 5.97. The molecule has 0 fully saturated rings. The van der Waals surface area contributed by atoms with Crippen molar-refractivity contribution >= 4 is 22.8 Å². The molecule has 2 aromatic carbocycles. The highest BCUT2D eigenvalue weighted by molar-refractivity contribution is 6.16. The van der Waals surface area contributed by atoms with Crippen LogP contribution >= 0.6 is 0 Å². The summed E-state index contributed by atoms with van der Waals surface area (Å²) in [4.78, 5) is 12.7. The van der Waals surface area contributed by atoms with Gasteiger partial charge in [-0.1, -0.05) is 18.2 Å². The minimum Gasteiger partial charge on any atom is -0.497 e. The maximum Gasteiger partial charge on any atom is 0.232 e. The summed E-state index contributed by atoms with van der Waals surface area (Å²) in [5.41, 5.74) is 3.55. The van der Waals surface area contributed by atoms with Gasteiger partial charge in [0, 0.05) is 35.8 Å². The highest BCUT2D eigenvalue weighted by Crippen LogP contribution is 2.38. The van der Waals surface area contributed by atoms with Gasteiger partial charge in [0.25, 0.3) is 0 Å². The molecule has 0 N–H and O–H groups in total. The van der Waals surface area contributed by atoms with Gasteiger partial charge >= 0.3 is 0 Å². The molecule has 0 atom stereocenters. The number of nitrogens with zero attached hydrogens (tertiary/aromatic N) is 1. The van der Waals surface area contributed by atoms with E-state index < -0.39 is 0 Å². The number of hydrogen-bond acceptors (Lipinski definition) is 3. The molecule has 0 radical (unpaired) electrons. The Morgan fingerprint density at radius 2 is 2.00 bits per heavy atom. The van der Waals surface area contributed by atoms with Gasteiger partial charge in [-0.3, -0.25) is 4.79 Å². The molecule has 0 bridgehead atoms. The van der Waals surface area contributed by atoms with Gasteiger partial charge in [-0.05, 0) is 30.7 Å². The Morgan fingerprint density at radius 1 is 1.21 bits per heavy atom. The quantitative estimate of drug-likeness (QED) is 0.667. The molecule has 0 saturated heterocycles. The molecule has 0 aliphatic carbocycles. The first-order chi connectivity index (χ1) is 11.6. The predicted molar refractivity (Wildman–Crippen MR) is 93.6 cm³/mol. The first kappa shape index (κ1) is 14.6. The molecule has 1 aromatic heterocycles. The van der Waals surface area contributed by atoms with E-state index in [1.54, 1.807) is 13.2 Å². The van der Waals surface area contributed by atoms with Crippen LogP contribution in [0.2, 0.25) is 0 Å². The van der Waals surface area contributed by atoms with E-state index in [9.17, 15) is 4.79 Å². The largest absolute Gasteiger partial charge is 0.497 e. The zero-order valence-electron chi connectivity index (χ0n) is 13.8. The van der Waals surface area contributed by atoms with Crippen LogP contribution in [0.4, 0.5) is 0 Å². The van der Waals surface area contributed by atoms with Gasteiger partial charge in [0.1, 0.15) is 11.5 Å². The molecule has 0 unspecified atom stereocenters. The van der Waals surface area contributed by atoms with E-state index in [0.717, 1.165) is 22.0 Å². The molecule has 0 amide bonds. The number of rotatable bonds is 2. The standard InChI is InChI=1S/C20H17NO3/c1-12-8-14(23-3)10-17-19(12)20(22)18(24-17)9-13-11-21(2)16-7-5-4-6-15(13)16/h4-11H,1-3H3/b18-9-. The van der Waals surface area contributed by atoms with Crippen LogP contribution in [0, 0.1) is 6.92 Å². The Morgan fingerprint density at radius 3 is 2.79 bits per heavy atom. The average Bonchev–Trinajstić information content (AvgIpc) is 3.06. The van der Waals surface area contributed by atoms with Crippen LogP contribution in [0.3, 0.4) is 0 Å². The Kier molecular flexibility index (Phi) is 3.20. The van der Waals surface area contributed by atoms with Crippen LogP contribution in [0.25, 0.3) is 17.0 Å². The van der Waals surface area contributed by atoms with E-state index in [-0.39, 0.29) is 5.78 Å². The molecule has 0 saturated carbocycles. The summed E-state index contributed by atoms with van der Waals surface area (Å²) in [7, 11) is 3.59. The smallest absolute Gasteiger partial charge is 0.232 e. The van der Waals surface area contributed by atoms with Crippen molar-refractivity contribution in [3.63, 3.8) is 0 Å². The minimum absolute atomic E-state index is 0.0851. The molecule has 1 aliphatic heterocycles. The lowest BCUT2D eigenvalue weighted by atomic mass is 10.0. The van der Waals surface area contributed by atoms with Crippen LogP contribution in [-0.4, -0.2) is 17.5 Å². The number of methoxy groups -OCH3 is 1. The molecule has 120 valence electrons. The van der Waals surface area contributed by atoms with Crippen LogP contribution in [0.5, 0.6) is 11.5 Å². The normalized spacial score (nSPS) is 15.0. The van der Waals surface area contributed by atoms with Crippen molar-refractivity contribution in [2.24, 2.45) is 7.05 Å². The van der Waals surface area contributed by atoms with Gasteiger partial charge in [0.05, 0.1) is 12.7 Å². The predicted octanol–water partition coefficient (Wildman–Crippen LogP) is 4.11. The third-order valence-electron chi connectivity index (χ3n) is 4.39. The number of aromatic nitrogens is 1. The molecule has 2 heterocycles. The van der Waals surface area contributed by atoms with Gasteiger partial charge < -0.3 is 14.0 Å². The Balaban J connectivity index is 1.82. The number of carbonyl (C=O) groups is 1. The number of Topliss-reactive ketones (excluding diaryl/α,β-unsaturated/α-hetero) is 1. The van der Waals surface area contributed by atoms with Crippen molar-refractivity contribution < 1.29 is 14.3 Å². The van der Waals surface area contributed by atoms with E-state index in [0.29, 0.717) is 22.8 Å². The molecule has 0 spiro atoms. The van der Waals surface area contributed by atoms with Crippen molar-refractivity contribution in [2.45, 2.75) is 6.92 Å². The lowest BCUT2D eigenvalue weighted by molar-refractivity contribution is 0.101. The zero-order valence-corrected chi connectivity index (χ0v) is 13.8. The van der Waals surface area contributed by atoms with Gasteiger partial charge in [0.2, 0.25) is 5.78 Å². The molecular formula is C20H17NO3. The van der Waals surface area contributed by atoms with Crippen LogP contribution in [0.15, 0.2) is 48.4 Å². The second-order valence-corrected chi connectivity index (χ2v) is 5.97. The summed E-state index contributed by atoms with van der Waals surface area (Å²) in [5, 5.41) is 1.09. The highest BCUT2D eigenvalue weighted by Gasteiger charge is 2.30. The monoisotopic (exact) mass is 319 g/mol. The van der Waals surface area contributed by atoms with Gasteiger partial charge in [-0.2, -0.15) is 0 Å². The fourth-order valence-electron chi connectivity index (χ4n) is 3.22. The third-order valence-corrected chi connectivity index (χ3v) is 4.39. The van der Waals surface area contributed by atoms with Crippen LogP contribution < -0.4 is 9.47 Å². The molecule has 3 aromatic rings. The average molecular weight is 319 g/mol. The molecule has 4 rings (SSSR count). The number of ketones is 1. The Labute approximate surface area is 139 Å². The molecule has 24 heavy (non-hydrogen) atoms. The minimum atomic E-state index is -0.0851. The summed E-state index contributed by atoms with van der Waals surface area (Å²) < 4.78 is 13.1. The topological polar surface area (TPSA) is 40.5 Å². The molecule has 4 nitrogen and oxygen atoms in total. The number of aryl methyl sites for hydroxylation is 2. The van der Waals surface area contributed by atoms with Crippen LogP contribution in [-0.2, 0) is 7.05 Å². The molecule has 1 aliphatic rings. The fraction of sp³-hybridized carbons (Fsp3) is 0.150. The summed E-state index contributed by atoms with van der Waals surface area (Å²) in [6.45, 7) is 1.89. The summed E-state index contributed by atoms with van der Waals surface area (Å²) in [5.74, 6) is 1.50. The van der Waals surface area contributed by atoms with Crippen molar-refractivity contribution in [3.05, 3.63) is 65.0 Å². The Bertz CT molecular complexity index is 1010. The maximum atomic E-state index is 12.7. The number of benzene rings is 2. The first-order valence-corrected chi connectivity index (χ1v) is 7.75. The van der Waals surface area contributed by atoms with Crippen LogP contribution in [0.1, 0.15) is 21.5 Å². The van der Waals surface area contributed by atoms with Crippen molar-refractivity contribution in [1.29, 1.82) is 0 Å². The fourth-order valence-corrected chi connectivity index (χ4v) is 3.22. The summed E-state index contributed by atoms with van der Waals surface area (Å²) in [6, 6.07) is 11.7. The molecule has 4 heteroatoms. The number of carbonyl (C=O) groups excluding carboxylic acids is 1. The lowest BCUT2D eigenvalue weighted by Gasteiger charge is -2.04. The SMILES string of the molecule is COc1cc(C)c2c(c1)O/C(=C\c1cn(C)c3ccccc13)C2=O. The number of para-hydroxylation sites is 1. The Hall–Kier alpha value is -3.01. The maximum absolute atomic E-state index is 12.7. The third kappa shape index (κ3) is 2.11. The van der Waals surface area contributed by atoms with E-state index in [1.165, 1.54) is 0 Å². The van der Waals surface area contributed by atoms with E-state index in [2.05, 4.69) is 6.07 Å². The number of hydrogen-bond donors (Lipinski definition) is 0. The highest BCUT2D eigenvalue weighted by atomic mass is 16.5. The zero-order chi connectivity index (χ0) is 16.8. The summed E-state index contributed by atoms with van der Waals surface area (Å²) in [6.07, 6.45) is 3.82. The lowest BCUT2D eigenvalue weighted by Crippen LogP contribution is -1.99. The second kappa shape index (κ2) is 5.27. The van der Waals surface area contributed by atoms with Crippen molar-refractivity contribution in [1.82, 2.24) is 4.57 Å². The summed E-state index contributed by atoms with van der Waals surface area (Å²) >= 11 is 0. The number of fused-ring (bicyclic) bond motifs is 2. The van der Waals surface area contributed by atoms with E-state index in [4.69, 9.17) is 9.47 Å². The van der Waals surface area contributed by atoms with Gasteiger partial charge in [-0.15, -0.1) is 0 Å². The van der Waals surface area contributed by atoms with Gasteiger partial charge in [0.15, 0.2) is 5.76 Å². The van der Waals surface area contributed by atoms with Crippen molar-refractivity contribution in [3.8, 4) is 11.5 Å².